The smallest absolute Gasteiger partial charge is 0.325 e. The first-order valence-corrected chi connectivity index (χ1v) is 8.37. The SMILES string of the molecule is CCOC(=O)C1CNCCN1S(=O)(=O)c1cnc(CC)[nH]1. The molecule has 0 bridgehead atoms. The van der Waals surface area contributed by atoms with Crippen LogP contribution in [0.15, 0.2) is 11.2 Å². The van der Waals surface area contributed by atoms with Crippen molar-refractivity contribution < 1.29 is 17.9 Å². The van der Waals surface area contributed by atoms with Gasteiger partial charge >= 0.3 is 5.97 Å². The summed E-state index contributed by atoms with van der Waals surface area (Å²) in [6.07, 6.45) is 1.90. The van der Waals surface area contributed by atoms with Crippen molar-refractivity contribution in [1.29, 1.82) is 0 Å². The van der Waals surface area contributed by atoms with E-state index >= 15 is 0 Å². The minimum atomic E-state index is -3.79. The molecule has 2 N–H and O–H groups in total. The molecule has 9 heteroatoms. The molecule has 0 spiro atoms. The van der Waals surface area contributed by atoms with Gasteiger partial charge in [-0.25, -0.2) is 13.4 Å². The van der Waals surface area contributed by atoms with Gasteiger partial charge in [-0.3, -0.25) is 4.79 Å². The highest BCUT2D eigenvalue weighted by Gasteiger charge is 2.39. The number of imidazole rings is 1. The maximum Gasteiger partial charge on any atom is 0.325 e. The molecule has 1 aromatic rings. The van der Waals surface area contributed by atoms with Gasteiger partial charge < -0.3 is 15.0 Å². The van der Waals surface area contributed by atoms with Gasteiger partial charge in [0.1, 0.15) is 11.9 Å². The minimum Gasteiger partial charge on any atom is -0.465 e. The Hall–Kier alpha value is -1.45. The van der Waals surface area contributed by atoms with Crippen LogP contribution in [0.1, 0.15) is 19.7 Å². The van der Waals surface area contributed by atoms with Crippen LogP contribution in [-0.4, -0.2) is 60.9 Å². The summed E-state index contributed by atoms with van der Waals surface area (Å²) in [5, 5.41) is 3.02. The van der Waals surface area contributed by atoms with Crippen molar-refractivity contribution in [1.82, 2.24) is 19.6 Å². The number of aryl methyl sites for hydroxylation is 1. The zero-order valence-electron chi connectivity index (χ0n) is 12.1. The third kappa shape index (κ3) is 3.25. The van der Waals surface area contributed by atoms with Gasteiger partial charge in [-0.05, 0) is 6.92 Å². The van der Waals surface area contributed by atoms with Gasteiger partial charge in [0.25, 0.3) is 10.0 Å². The van der Waals surface area contributed by atoms with Crippen LogP contribution >= 0.6 is 0 Å². The average molecular weight is 316 g/mol. The zero-order valence-corrected chi connectivity index (χ0v) is 12.9. The van der Waals surface area contributed by atoms with E-state index in [-0.39, 0.29) is 24.7 Å². The fourth-order valence-corrected chi connectivity index (χ4v) is 3.71. The first-order valence-electron chi connectivity index (χ1n) is 6.93. The molecule has 0 radical (unpaired) electrons. The number of carbonyl (C=O) groups is 1. The topological polar surface area (TPSA) is 104 Å². The van der Waals surface area contributed by atoms with Crippen LogP contribution in [0.2, 0.25) is 0 Å². The van der Waals surface area contributed by atoms with Crippen LogP contribution in [-0.2, 0) is 26.0 Å². The molecule has 0 aliphatic carbocycles. The predicted octanol–water partition coefficient (Wildman–Crippen LogP) is -0.502. The molecule has 0 aromatic carbocycles. The fraction of sp³-hybridized carbons (Fsp3) is 0.667. The van der Waals surface area contributed by atoms with Gasteiger partial charge in [-0.15, -0.1) is 0 Å². The minimum absolute atomic E-state index is 0.00977. The number of piperazine rings is 1. The number of sulfonamides is 1. The number of hydrogen-bond donors (Lipinski definition) is 2. The van der Waals surface area contributed by atoms with Crippen LogP contribution < -0.4 is 5.32 Å². The Labute approximate surface area is 123 Å². The van der Waals surface area contributed by atoms with Crippen LogP contribution in [0.3, 0.4) is 0 Å². The summed E-state index contributed by atoms with van der Waals surface area (Å²) >= 11 is 0. The van der Waals surface area contributed by atoms with E-state index in [2.05, 4.69) is 15.3 Å². The molecule has 21 heavy (non-hydrogen) atoms. The lowest BCUT2D eigenvalue weighted by molar-refractivity contribution is -0.148. The summed E-state index contributed by atoms with van der Waals surface area (Å²) in [7, 11) is -3.79. The number of aromatic nitrogens is 2. The second-order valence-electron chi connectivity index (χ2n) is 4.64. The van der Waals surface area contributed by atoms with Gasteiger partial charge in [0.15, 0.2) is 5.03 Å². The standard InChI is InChI=1S/C12H20N4O4S/c1-3-10-14-8-11(15-10)21(18,19)16-6-5-13-7-9(16)12(17)20-4-2/h8-9,13H,3-7H2,1-2H3,(H,14,15). The molecular weight excluding hydrogens is 296 g/mol. The lowest BCUT2D eigenvalue weighted by Crippen LogP contribution is -2.57. The monoisotopic (exact) mass is 316 g/mol. The highest BCUT2D eigenvalue weighted by molar-refractivity contribution is 7.89. The quantitative estimate of drug-likeness (QED) is 0.710. The highest BCUT2D eigenvalue weighted by Crippen LogP contribution is 2.19. The molecule has 1 unspecified atom stereocenters. The molecule has 1 saturated heterocycles. The van der Waals surface area contributed by atoms with Crippen molar-refractivity contribution in [3.63, 3.8) is 0 Å². The van der Waals surface area contributed by atoms with Crippen molar-refractivity contribution in [2.75, 3.05) is 26.2 Å². The molecule has 0 amide bonds. The second-order valence-corrected chi connectivity index (χ2v) is 6.49. The Morgan fingerprint density at radius 3 is 2.90 bits per heavy atom. The van der Waals surface area contributed by atoms with E-state index in [4.69, 9.17) is 4.74 Å². The molecule has 8 nitrogen and oxygen atoms in total. The van der Waals surface area contributed by atoms with Crippen molar-refractivity contribution in [3.8, 4) is 0 Å². The van der Waals surface area contributed by atoms with E-state index in [0.717, 1.165) is 0 Å². The van der Waals surface area contributed by atoms with Gasteiger partial charge in [-0.1, -0.05) is 6.92 Å². The Balaban J connectivity index is 2.29. The van der Waals surface area contributed by atoms with Crippen molar-refractivity contribution >= 4 is 16.0 Å². The first-order chi connectivity index (χ1) is 10.0. The number of rotatable bonds is 5. The number of carbonyl (C=O) groups excluding carboxylic acids is 1. The molecular formula is C12H20N4O4S. The van der Waals surface area contributed by atoms with Crippen LogP contribution in [0.4, 0.5) is 0 Å². The average Bonchev–Trinajstić information content (AvgIpc) is 2.97. The maximum atomic E-state index is 12.7. The molecule has 0 saturated carbocycles. The van der Waals surface area contributed by atoms with Crippen molar-refractivity contribution in [3.05, 3.63) is 12.0 Å². The van der Waals surface area contributed by atoms with Gasteiger partial charge in [0.05, 0.1) is 12.8 Å². The third-order valence-electron chi connectivity index (χ3n) is 3.28. The normalized spacial score (nSPS) is 20.4. The Kier molecular flexibility index (Phi) is 4.96. The number of esters is 1. The molecule has 2 heterocycles. The lowest BCUT2D eigenvalue weighted by Gasteiger charge is -2.32. The molecule has 2 rings (SSSR count). The maximum absolute atomic E-state index is 12.7. The number of H-pyrrole nitrogens is 1. The van der Waals surface area contributed by atoms with Gasteiger partial charge in [-0.2, -0.15) is 4.31 Å². The van der Waals surface area contributed by atoms with E-state index in [0.29, 0.717) is 18.8 Å². The van der Waals surface area contributed by atoms with Gasteiger partial charge in [0.2, 0.25) is 0 Å². The van der Waals surface area contributed by atoms with E-state index in [1.54, 1.807) is 6.92 Å². The summed E-state index contributed by atoms with van der Waals surface area (Å²) < 4.78 is 31.4. The van der Waals surface area contributed by atoms with E-state index in [1.165, 1.54) is 10.5 Å². The third-order valence-corrected chi connectivity index (χ3v) is 5.10. The molecule has 118 valence electrons. The zero-order chi connectivity index (χ0) is 15.5. The molecule has 1 fully saturated rings. The number of ether oxygens (including phenoxy) is 1. The van der Waals surface area contributed by atoms with E-state index < -0.39 is 22.0 Å². The molecule has 1 aromatic heterocycles. The van der Waals surface area contributed by atoms with E-state index in [9.17, 15) is 13.2 Å². The largest absolute Gasteiger partial charge is 0.465 e. The number of nitrogens with zero attached hydrogens (tertiary/aromatic N) is 2. The number of aromatic amines is 1. The Bertz CT molecular complexity index is 598. The fourth-order valence-electron chi connectivity index (χ4n) is 2.19. The van der Waals surface area contributed by atoms with Crippen LogP contribution in [0.25, 0.3) is 0 Å². The first kappa shape index (κ1) is 15.9. The van der Waals surface area contributed by atoms with Crippen LogP contribution in [0.5, 0.6) is 0 Å². The predicted molar refractivity (Wildman–Crippen MR) is 75.1 cm³/mol. The lowest BCUT2D eigenvalue weighted by atomic mass is 10.2. The van der Waals surface area contributed by atoms with Crippen molar-refractivity contribution in [2.45, 2.75) is 31.3 Å². The van der Waals surface area contributed by atoms with Crippen molar-refractivity contribution in [2.24, 2.45) is 0 Å². The van der Waals surface area contributed by atoms with Gasteiger partial charge in [0, 0.05) is 26.1 Å². The summed E-state index contributed by atoms with van der Waals surface area (Å²) in [5.74, 6) is 0.0555. The highest BCUT2D eigenvalue weighted by atomic mass is 32.2. The van der Waals surface area contributed by atoms with E-state index in [1.807, 2.05) is 6.92 Å². The Morgan fingerprint density at radius 1 is 1.52 bits per heavy atom. The summed E-state index contributed by atoms with van der Waals surface area (Å²) in [6, 6.07) is -0.850. The molecule has 1 aliphatic heterocycles. The molecule has 1 aliphatic rings. The number of nitrogens with one attached hydrogen (secondary N) is 2. The second kappa shape index (κ2) is 6.54. The number of hydrogen-bond acceptors (Lipinski definition) is 6. The Morgan fingerprint density at radius 2 is 2.29 bits per heavy atom. The summed E-state index contributed by atoms with van der Waals surface area (Å²) in [5.41, 5.74) is 0. The summed E-state index contributed by atoms with van der Waals surface area (Å²) in [6.45, 7) is 4.73. The molecule has 1 atom stereocenters. The van der Waals surface area contributed by atoms with Crippen LogP contribution in [0, 0.1) is 0 Å². The summed E-state index contributed by atoms with van der Waals surface area (Å²) in [4.78, 5) is 18.7.